The third-order valence-corrected chi connectivity index (χ3v) is 6.04. The zero-order valence-corrected chi connectivity index (χ0v) is 19.5. The van der Waals surface area contributed by atoms with Gasteiger partial charge >= 0.3 is 0 Å². The van der Waals surface area contributed by atoms with E-state index in [1.54, 1.807) is 36.4 Å². The molecule has 0 saturated carbocycles. The lowest BCUT2D eigenvalue weighted by atomic mass is 9.94. The summed E-state index contributed by atoms with van der Waals surface area (Å²) in [6.07, 6.45) is 1.64. The predicted molar refractivity (Wildman–Crippen MR) is 136 cm³/mol. The lowest BCUT2D eigenvalue weighted by molar-refractivity contribution is -0.116. The Balaban J connectivity index is 1.24. The Kier molecular flexibility index (Phi) is 6.42. The molecule has 0 spiro atoms. The molecule has 5 rings (SSSR count). The van der Waals surface area contributed by atoms with E-state index in [1.165, 1.54) is 18.3 Å². The van der Waals surface area contributed by atoms with E-state index in [0.717, 1.165) is 22.4 Å². The maximum atomic E-state index is 13.9. The number of halogens is 1. The minimum Gasteiger partial charge on any atom is -0.324 e. The molecule has 37 heavy (non-hydrogen) atoms. The molecule has 0 bridgehead atoms. The summed E-state index contributed by atoms with van der Waals surface area (Å²) >= 11 is 0. The van der Waals surface area contributed by atoms with Crippen LogP contribution in [0.15, 0.2) is 79.0 Å². The van der Waals surface area contributed by atoms with Crippen molar-refractivity contribution in [2.75, 3.05) is 17.2 Å². The van der Waals surface area contributed by atoms with Crippen LogP contribution >= 0.6 is 0 Å². The zero-order chi connectivity index (χ0) is 25.9. The molecular formula is C28H21FN4O4. The van der Waals surface area contributed by atoms with E-state index < -0.39 is 29.4 Å². The van der Waals surface area contributed by atoms with Crippen molar-refractivity contribution in [2.24, 2.45) is 0 Å². The maximum Gasteiger partial charge on any atom is 0.274 e. The highest BCUT2D eigenvalue weighted by Gasteiger charge is 2.32. The Morgan fingerprint density at radius 2 is 1.57 bits per heavy atom. The fourth-order valence-corrected chi connectivity index (χ4v) is 4.31. The molecule has 2 N–H and O–H groups in total. The van der Waals surface area contributed by atoms with Gasteiger partial charge in [-0.2, -0.15) is 0 Å². The van der Waals surface area contributed by atoms with E-state index in [4.69, 9.17) is 0 Å². The SMILES string of the molecule is O=C(CCCN1C(=O)c2cccc3cccc(c23)C1=O)Nc1cc(F)ccc1NC(=O)c1ccccn1. The van der Waals surface area contributed by atoms with E-state index in [0.29, 0.717) is 16.5 Å². The molecule has 0 atom stereocenters. The molecule has 0 aliphatic carbocycles. The lowest BCUT2D eigenvalue weighted by Gasteiger charge is -2.27. The minimum absolute atomic E-state index is 0.0347. The first-order valence-electron chi connectivity index (χ1n) is 11.6. The van der Waals surface area contributed by atoms with Gasteiger partial charge in [0.25, 0.3) is 17.7 Å². The van der Waals surface area contributed by atoms with Crippen molar-refractivity contribution in [2.45, 2.75) is 12.8 Å². The minimum atomic E-state index is -0.594. The molecule has 1 aromatic heterocycles. The second-order valence-corrected chi connectivity index (χ2v) is 8.48. The van der Waals surface area contributed by atoms with Crippen molar-refractivity contribution in [3.63, 3.8) is 0 Å². The van der Waals surface area contributed by atoms with Crippen LogP contribution in [0, 0.1) is 5.82 Å². The number of carbonyl (C=O) groups excluding carboxylic acids is 4. The highest BCUT2D eigenvalue weighted by molar-refractivity contribution is 6.25. The summed E-state index contributed by atoms with van der Waals surface area (Å²) in [4.78, 5) is 56.2. The fourth-order valence-electron chi connectivity index (χ4n) is 4.31. The fraction of sp³-hybridized carbons (Fsp3) is 0.107. The number of hydrogen-bond acceptors (Lipinski definition) is 5. The first-order valence-corrected chi connectivity index (χ1v) is 11.6. The molecule has 8 nitrogen and oxygen atoms in total. The van der Waals surface area contributed by atoms with Crippen LogP contribution in [0.2, 0.25) is 0 Å². The highest BCUT2D eigenvalue weighted by Crippen LogP contribution is 2.30. The predicted octanol–water partition coefficient (Wildman–Crippen LogP) is 4.64. The number of pyridine rings is 1. The maximum absolute atomic E-state index is 13.9. The topological polar surface area (TPSA) is 108 Å². The zero-order valence-electron chi connectivity index (χ0n) is 19.5. The summed E-state index contributed by atoms with van der Waals surface area (Å²) in [5.74, 6) is -2.37. The van der Waals surface area contributed by atoms with Crippen LogP contribution in [0.1, 0.15) is 44.0 Å². The number of amides is 4. The molecule has 2 heterocycles. The Labute approximate surface area is 211 Å². The average molecular weight is 496 g/mol. The van der Waals surface area contributed by atoms with Gasteiger partial charge in [0.2, 0.25) is 5.91 Å². The number of aromatic nitrogens is 1. The van der Waals surface area contributed by atoms with Crippen molar-refractivity contribution in [3.8, 4) is 0 Å². The Bertz CT molecular complexity index is 1500. The number of rotatable bonds is 7. The number of carbonyl (C=O) groups is 4. The van der Waals surface area contributed by atoms with Gasteiger partial charge in [0.05, 0.1) is 11.4 Å². The smallest absolute Gasteiger partial charge is 0.274 e. The summed E-state index contributed by atoms with van der Waals surface area (Å²) in [6.45, 7) is 0.0439. The van der Waals surface area contributed by atoms with Crippen molar-refractivity contribution in [1.29, 1.82) is 0 Å². The Morgan fingerprint density at radius 1 is 0.838 bits per heavy atom. The number of imide groups is 1. The van der Waals surface area contributed by atoms with Crippen molar-refractivity contribution < 1.29 is 23.6 Å². The van der Waals surface area contributed by atoms with Gasteiger partial charge in [-0.05, 0) is 54.3 Å². The first-order chi connectivity index (χ1) is 17.9. The van der Waals surface area contributed by atoms with E-state index in [9.17, 15) is 23.6 Å². The monoisotopic (exact) mass is 496 g/mol. The summed E-state index contributed by atoms with van der Waals surface area (Å²) in [5, 5.41) is 6.67. The van der Waals surface area contributed by atoms with Crippen LogP contribution in [0.5, 0.6) is 0 Å². The third-order valence-electron chi connectivity index (χ3n) is 6.04. The van der Waals surface area contributed by atoms with Gasteiger partial charge in [0.1, 0.15) is 11.5 Å². The van der Waals surface area contributed by atoms with Gasteiger partial charge in [-0.1, -0.05) is 30.3 Å². The van der Waals surface area contributed by atoms with Gasteiger partial charge < -0.3 is 10.6 Å². The van der Waals surface area contributed by atoms with Crippen LogP contribution in [0.3, 0.4) is 0 Å². The van der Waals surface area contributed by atoms with Crippen LogP contribution < -0.4 is 10.6 Å². The quantitative estimate of drug-likeness (QED) is 0.363. The molecule has 1 aliphatic heterocycles. The molecule has 4 aromatic rings. The summed E-state index contributed by atoms with van der Waals surface area (Å²) in [6, 6.07) is 19.1. The van der Waals surface area contributed by atoms with Crippen LogP contribution in [0.25, 0.3) is 10.8 Å². The van der Waals surface area contributed by atoms with Gasteiger partial charge in [-0.25, -0.2) is 4.39 Å². The van der Waals surface area contributed by atoms with Crippen LogP contribution in [0.4, 0.5) is 15.8 Å². The van der Waals surface area contributed by atoms with Crippen molar-refractivity contribution in [3.05, 3.63) is 102 Å². The van der Waals surface area contributed by atoms with Crippen molar-refractivity contribution >= 4 is 45.8 Å². The van der Waals surface area contributed by atoms with Gasteiger partial charge in [0, 0.05) is 35.7 Å². The normalized spacial score (nSPS) is 12.5. The van der Waals surface area contributed by atoms with E-state index in [1.807, 2.05) is 12.1 Å². The highest BCUT2D eigenvalue weighted by atomic mass is 19.1. The lowest BCUT2D eigenvalue weighted by Crippen LogP contribution is -2.41. The van der Waals surface area contributed by atoms with E-state index >= 15 is 0 Å². The third kappa shape index (κ3) is 4.79. The largest absolute Gasteiger partial charge is 0.324 e. The Morgan fingerprint density at radius 3 is 2.24 bits per heavy atom. The molecular weight excluding hydrogens is 475 g/mol. The van der Waals surface area contributed by atoms with Crippen LogP contribution in [-0.2, 0) is 4.79 Å². The molecule has 0 fully saturated rings. The van der Waals surface area contributed by atoms with Crippen molar-refractivity contribution in [1.82, 2.24) is 9.88 Å². The second-order valence-electron chi connectivity index (χ2n) is 8.48. The number of nitrogens with zero attached hydrogens (tertiary/aromatic N) is 2. The summed E-state index contributed by atoms with van der Waals surface area (Å²) in [5.41, 5.74) is 1.35. The standard InChI is InChI=1S/C28H21FN4O4/c29-18-12-13-21(32-26(35)22-10-1-2-14-30-22)23(16-18)31-24(34)11-5-15-33-27(36)19-8-3-6-17-7-4-9-20(25(17)19)28(33)37/h1-4,6-10,12-14,16H,5,11,15H2,(H,31,34)(H,32,35). The van der Waals surface area contributed by atoms with E-state index in [-0.39, 0.29) is 36.5 Å². The molecule has 0 unspecified atom stereocenters. The number of anilines is 2. The molecule has 0 radical (unpaired) electrons. The first kappa shape index (κ1) is 23.8. The summed E-state index contributed by atoms with van der Waals surface area (Å²) in [7, 11) is 0. The molecule has 3 aromatic carbocycles. The van der Waals surface area contributed by atoms with Gasteiger partial charge in [0.15, 0.2) is 0 Å². The van der Waals surface area contributed by atoms with Crippen LogP contribution in [-0.4, -0.2) is 40.1 Å². The molecule has 0 saturated heterocycles. The number of benzene rings is 3. The number of nitrogens with one attached hydrogen (secondary N) is 2. The van der Waals surface area contributed by atoms with E-state index in [2.05, 4.69) is 15.6 Å². The van der Waals surface area contributed by atoms with Gasteiger partial charge in [-0.15, -0.1) is 0 Å². The number of hydrogen-bond donors (Lipinski definition) is 2. The second kappa shape index (κ2) is 9.98. The molecule has 1 aliphatic rings. The molecule has 9 heteroatoms. The Hall–Kier alpha value is -4.92. The molecule has 184 valence electrons. The van der Waals surface area contributed by atoms with Gasteiger partial charge in [-0.3, -0.25) is 29.1 Å². The summed E-state index contributed by atoms with van der Waals surface area (Å²) < 4.78 is 13.9. The molecule has 4 amide bonds. The average Bonchev–Trinajstić information content (AvgIpc) is 2.91.